The molecule has 0 fully saturated rings. The summed E-state index contributed by atoms with van der Waals surface area (Å²) in [5, 5.41) is 0. The van der Waals surface area contributed by atoms with Crippen LogP contribution in [0.15, 0.2) is 12.1 Å². The van der Waals surface area contributed by atoms with Gasteiger partial charge >= 0.3 is 0 Å². The van der Waals surface area contributed by atoms with Crippen molar-refractivity contribution in [3.8, 4) is 0 Å². The van der Waals surface area contributed by atoms with Crippen LogP contribution in [0, 0.1) is 13.8 Å². The molecule has 1 aromatic heterocycles. The highest BCUT2D eigenvalue weighted by Crippen LogP contribution is 2.25. The number of aryl methyl sites for hydroxylation is 3. The van der Waals surface area contributed by atoms with Crippen LogP contribution in [0.1, 0.15) is 49.7 Å². The van der Waals surface area contributed by atoms with Crippen LogP contribution in [0.5, 0.6) is 0 Å². The van der Waals surface area contributed by atoms with E-state index in [0.717, 1.165) is 11.9 Å². The molecule has 0 aliphatic carbocycles. The molecule has 2 aromatic rings. The van der Waals surface area contributed by atoms with Gasteiger partial charge in [-0.25, -0.2) is 4.98 Å². The van der Waals surface area contributed by atoms with Crippen LogP contribution < -0.4 is 5.73 Å². The van der Waals surface area contributed by atoms with Crippen molar-refractivity contribution < 1.29 is 0 Å². The monoisotopic (exact) mass is 259 g/mol. The molecule has 3 nitrogen and oxygen atoms in total. The zero-order chi connectivity index (χ0) is 14.0. The fraction of sp³-hybridized carbons (Fsp3) is 0.562. The van der Waals surface area contributed by atoms with Gasteiger partial charge in [0, 0.05) is 19.0 Å². The third-order valence-corrected chi connectivity index (χ3v) is 3.91. The van der Waals surface area contributed by atoms with E-state index in [9.17, 15) is 0 Å². The molecule has 3 heteroatoms. The highest BCUT2D eigenvalue weighted by molar-refractivity contribution is 5.78. The van der Waals surface area contributed by atoms with Gasteiger partial charge in [-0.05, 0) is 50.5 Å². The van der Waals surface area contributed by atoms with E-state index in [1.165, 1.54) is 35.3 Å². The van der Waals surface area contributed by atoms with Gasteiger partial charge in [-0.15, -0.1) is 0 Å². The van der Waals surface area contributed by atoms with E-state index in [4.69, 9.17) is 10.7 Å². The van der Waals surface area contributed by atoms with Gasteiger partial charge in [-0.1, -0.05) is 13.3 Å². The minimum absolute atomic E-state index is 0.305. The number of nitrogens with zero attached hydrogens (tertiary/aromatic N) is 2. The van der Waals surface area contributed by atoms with Crippen LogP contribution in [0.4, 0.5) is 0 Å². The van der Waals surface area contributed by atoms with E-state index in [-0.39, 0.29) is 0 Å². The summed E-state index contributed by atoms with van der Waals surface area (Å²) in [6, 6.07) is 4.75. The first kappa shape index (κ1) is 14.1. The fourth-order valence-electron chi connectivity index (χ4n) is 2.51. The maximum Gasteiger partial charge on any atom is 0.110 e. The lowest BCUT2D eigenvalue weighted by Gasteiger charge is -2.16. The third kappa shape index (κ3) is 2.66. The second-order valence-electron chi connectivity index (χ2n) is 5.51. The first-order valence-electron chi connectivity index (χ1n) is 7.26. The van der Waals surface area contributed by atoms with E-state index in [1.54, 1.807) is 0 Å². The van der Waals surface area contributed by atoms with Gasteiger partial charge in [0.1, 0.15) is 5.82 Å². The Kier molecular flexibility index (Phi) is 4.25. The van der Waals surface area contributed by atoms with E-state index < -0.39 is 0 Å². The largest absolute Gasteiger partial charge is 0.328 e. The van der Waals surface area contributed by atoms with Crippen LogP contribution in [0.25, 0.3) is 11.0 Å². The average molecular weight is 259 g/mol. The molecule has 2 N–H and O–H groups in total. The van der Waals surface area contributed by atoms with Gasteiger partial charge in [0.2, 0.25) is 0 Å². The predicted octanol–water partition coefficient (Wildman–Crippen LogP) is 3.52. The SMILES string of the molecule is CCCCc1nc2cc(C)c(C)cc2n1C(C)CN. The standard InChI is InChI=1S/C16H25N3/c1-5-6-7-16-18-14-8-11(2)12(3)9-15(14)19(16)13(4)10-17/h8-9,13H,5-7,10,17H2,1-4H3. The van der Waals surface area contributed by atoms with Gasteiger partial charge in [-0.2, -0.15) is 0 Å². The number of aromatic nitrogens is 2. The molecule has 1 atom stereocenters. The maximum atomic E-state index is 5.87. The number of unbranched alkanes of at least 4 members (excludes halogenated alkanes) is 1. The molecule has 1 unspecified atom stereocenters. The van der Waals surface area contributed by atoms with Gasteiger partial charge in [-0.3, -0.25) is 0 Å². The second-order valence-corrected chi connectivity index (χ2v) is 5.51. The number of fused-ring (bicyclic) bond motifs is 1. The molecule has 0 amide bonds. The smallest absolute Gasteiger partial charge is 0.110 e. The van der Waals surface area contributed by atoms with Crippen molar-refractivity contribution >= 4 is 11.0 Å². The molecule has 0 saturated heterocycles. The van der Waals surface area contributed by atoms with E-state index in [2.05, 4.69) is 44.4 Å². The molecule has 0 aliphatic heterocycles. The zero-order valence-electron chi connectivity index (χ0n) is 12.5. The molecule has 2 rings (SSSR count). The van der Waals surface area contributed by atoms with Crippen molar-refractivity contribution in [2.45, 2.75) is 53.0 Å². The summed E-state index contributed by atoms with van der Waals surface area (Å²) in [5.41, 5.74) is 10.8. The summed E-state index contributed by atoms with van der Waals surface area (Å²) in [6.45, 7) is 9.34. The van der Waals surface area contributed by atoms with Gasteiger partial charge in [0.25, 0.3) is 0 Å². The van der Waals surface area contributed by atoms with Gasteiger partial charge < -0.3 is 10.3 Å². The van der Waals surface area contributed by atoms with Gasteiger partial charge in [0.15, 0.2) is 0 Å². The third-order valence-electron chi connectivity index (χ3n) is 3.91. The Morgan fingerprint density at radius 3 is 2.58 bits per heavy atom. The van der Waals surface area contributed by atoms with Crippen molar-refractivity contribution in [2.24, 2.45) is 5.73 Å². The topological polar surface area (TPSA) is 43.8 Å². The first-order valence-corrected chi connectivity index (χ1v) is 7.26. The lowest BCUT2D eigenvalue weighted by Crippen LogP contribution is -2.18. The van der Waals surface area contributed by atoms with Crippen LogP contribution >= 0.6 is 0 Å². The molecule has 0 aliphatic rings. The molecular formula is C16H25N3. The quantitative estimate of drug-likeness (QED) is 0.893. The lowest BCUT2D eigenvalue weighted by molar-refractivity contribution is 0.540. The van der Waals surface area contributed by atoms with Crippen LogP contribution in [0.3, 0.4) is 0 Å². The van der Waals surface area contributed by atoms with Crippen molar-refractivity contribution in [2.75, 3.05) is 6.54 Å². The van der Waals surface area contributed by atoms with Crippen LogP contribution in [0.2, 0.25) is 0 Å². The van der Waals surface area contributed by atoms with Crippen LogP contribution in [-0.4, -0.2) is 16.1 Å². The molecular weight excluding hydrogens is 234 g/mol. The summed E-state index contributed by atoms with van der Waals surface area (Å²) in [5.74, 6) is 1.18. The van der Waals surface area contributed by atoms with E-state index >= 15 is 0 Å². The van der Waals surface area contributed by atoms with E-state index in [1.807, 2.05) is 0 Å². The molecule has 19 heavy (non-hydrogen) atoms. The van der Waals surface area contributed by atoms with Crippen molar-refractivity contribution in [3.05, 3.63) is 29.1 Å². The Labute approximate surface area is 115 Å². The maximum absolute atomic E-state index is 5.87. The van der Waals surface area contributed by atoms with Crippen molar-refractivity contribution in [3.63, 3.8) is 0 Å². The number of imidazole rings is 1. The first-order chi connectivity index (χ1) is 9.08. The summed E-state index contributed by atoms with van der Waals surface area (Å²) >= 11 is 0. The van der Waals surface area contributed by atoms with Crippen LogP contribution in [-0.2, 0) is 6.42 Å². The molecule has 104 valence electrons. The molecule has 0 saturated carbocycles. The Morgan fingerprint density at radius 2 is 1.95 bits per heavy atom. The zero-order valence-corrected chi connectivity index (χ0v) is 12.5. The fourth-order valence-corrected chi connectivity index (χ4v) is 2.51. The number of benzene rings is 1. The number of nitrogens with two attached hydrogens (primary N) is 1. The van der Waals surface area contributed by atoms with Crippen molar-refractivity contribution in [1.82, 2.24) is 9.55 Å². The minimum Gasteiger partial charge on any atom is -0.328 e. The number of hydrogen-bond donors (Lipinski definition) is 1. The molecule has 1 heterocycles. The highest BCUT2D eigenvalue weighted by Gasteiger charge is 2.15. The predicted molar refractivity (Wildman–Crippen MR) is 81.6 cm³/mol. The summed E-state index contributed by atoms with van der Waals surface area (Å²) in [7, 11) is 0. The molecule has 0 spiro atoms. The Hall–Kier alpha value is -1.35. The van der Waals surface area contributed by atoms with Gasteiger partial charge in [0.05, 0.1) is 11.0 Å². The lowest BCUT2D eigenvalue weighted by atomic mass is 10.1. The summed E-state index contributed by atoms with van der Waals surface area (Å²) < 4.78 is 2.33. The van der Waals surface area contributed by atoms with Crippen molar-refractivity contribution in [1.29, 1.82) is 0 Å². The normalized spacial score (nSPS) is 13.1. The average Bonchev–Trinajstić information content (AvgIpc) is 2.73. The number of rotatable bonds is 5. The Bertz CT molecular complexity index is 569. The Balaban J connectivity index is 2.59. The molecule has 0 radical (unpaired) electrons. The summed E-state index contributed by atoms with van der Waals surface area (Å²) in [4.78, 5) is 4.83. The number of hydrogen-bond acceptors (Lipinski definition) is 2. The summed E-state index contributed by atoms with van der Waals surface area (Å²) in [6.07, 6.45) is 3.41. The minimum atomic E-state index is 0.305. The molecule has 0 bridgehead atoms. The highest BCUT2D eigenvalue weighted by atomic mass is 15.1. The van der Waals surface area contributed by atoms with E-state index in [0.29, 0.717) is 12.6 Å². The second kappa shape index (κ2) is 5.74. The Morgan fingerprint density at radius 1 is 1.26 bits per heavy atom. The molecule has 1 aromatic carbocycles.